The smallest absolute Gasteiger partial charge is 0.375 e. The van der Waals surface area contributed by atoms with Crippen LogP contribution in [0.15, 0.2) is 71.1 Å². The van der Waals surface area contributed by atoms with Crippen molar-refractivity contribution in [2.24, 2.45) is 0 Å². The molecular weight excluding hydrogens is 417 g/mol. The number of hydrogen-bond acceptors (Lipinski definition) is 6. The van der Waals surface area contributed by atoms with Gasteiger partial charge in [0, 0.05) is 18.7 Å². The second-order valence-corrected chi connectivity index (χ2v) is 7.14. The van der Waals surface area contributed by atoms with Crippen LogP contribution in [0.5, 0.6) is 5.75 Å². The minimum atomic E-state index is -1.09. The number of nitrogens with zero attached hydrogens (tertiary/aromatic N) is 1. The van der Waals surface area contributed by atoms with Gasteiger partial charge in [-0.25, -0.2) is 9.18 Å². The normalized spacial score (nSPS) is 14.6. The van der Waals surface area contributed by atoms with E-state index >= 15 is 0 Å². The van der Waals surface area contributed by atoms with E-state index in [9.17, 15) is 14.0 Å². The summed E-state index contributed by atoms with van der Waals surface area (Å²) in [5.41, 5.74) is 0.573. The summed E-state index contributed by atoms with van der Waals surface area (Å²) >= 11 is 0. The van der Waals surface area contributed by atoms with E-state index in [4.69, 9.17) is 18.6 Å². The third-order valence-corrected chi connectivity index (χ3v) is 4.93. The maximum atomic E-state index is 13.1. The van der Waals surface area contributed by atoms with Crippen molar-refractivity contribution in [2.45, 2.75) is 12.7 Å². The van der Waals surface area contributed by atoms with Crippen LogP contribution < -0.4 is 4.74 Å². The van der Waals surface area contributed by atoms with Crippen molar-refractivity contribution in [3.05, 3.63) is 89.6 Å². The highest BCUT2D eigenvalue weighted by molar-refractivity contribution is 5.90. The van der Waals surface area contributed by atoms with Crippen LogP contribution in [0.1, 0.15) is 28.0 Å². The van der Waals surface area contributed by atoms with Gasteiger partial charge in [-0.05, 0) is 36.4 Å². The summed E-state index contributed by atoms with van der Waals surface area (Å²) < 4.78 is 34.9. The van der Waals surface area contributed by atoms with Gasteiger partial charge in [0.25, 0.3) is 5.91 Å². The van der Waals surface area contributed by atoms with Crippen LogP contribution >= 0.6 is 0 Å². The Labute approximate surface area is 184 Å². The molecule has 0 radical (unpaired) electrons. The number of morpholine rings is 1. The molecular formula is C24H22FNO6. The Kier molecular flexibility index (Phi) is 6.81. The number of hydrogen-bond donors (Lipinski definition) is 0. The molecule has 0 spiro atoms. The summed E-state index contributed by atoms with van der Waals surface area (Å²) in [6.45, 7) is 1.80. The Morgan fingerprint density at radius 2 is 1.69 bits per heavy atom. The Bertz CT molecular complexity index is 1040. The molecule has 166 valence electrons. The molecule has 1 amide bonds. The first-order valence-electron chi connectivity index (χ1n) is 10.2. The van der Waals surface area contributed by atoms with E-state index in [1.807, 2.05) is 6.07 Å². The topological polar surface area (TPSA) is 78.2 Å². The van der Waals surface area contributed by atoms with Crippen molar-refractivity contribution < 1.29 is 32.6 Å². The molecule has 1 saturated heterocycles. The molecule has 0 aliphatic carbocycles. The standard InChI is InChI=1S/C24H22FNO6/c25-18-6-8-19(9-7-18)30-16-20-10-11-21(31-20)24(28)32-22(17-4-2-1-3-5-17)23(27)26-12-14-29-15-13-26/h1-11,22H,12-16H2. The zero-order chi connectivity index (χ0) is 22.3. The van der Waals surface area contributed by atoms with Crippen LogP contribution in [0.25, 0.3) is 0 Å². The summed E-state index contributed by atoms with van der Waals surface area (Å²) in [4.78, 5) is 27.4. The van der Waals surface area contributed by atoms with Gasteiger partial charge in [-0.2, -0.15) is 0 Å². The number of halogens is 1. The average Bonchev–Trinajstić information content (AvgIpc) is 3.32. The number of carbonyl (C=O) groups excluding carboxylic acids is 2. The van der Waals surface area contributed by atoms with Gasteiger partial charge in [-0.15, -0.1) is 0 Å². The van der Waals surface area contributed by atoms with Crippen LogP contribution in [0.3, 0.4) is 0 Å². The van der Waals surface area contributed by atoms with Gasteiger partial charge >= 0.3 is 5.97 Å². The zero-order valence-corrected chi connectivity index (χ0v) is 17.2. The fraction of sp³-hybridized carbons (Fsp3) is 0.250. The third kappa shape index (κ3) is 5.33. The van der Waals surface area contributed by atoms with E-state index < -0.39 is 12.1 Å². The highest BCUT2D eigenvalue weighted by atomic mass is 19.1. The highest BCUT2D eigenvalue weighted by Gasteiger charge is 2.31. The molecule has 1 aliphatic heterocycles. The van der Waals surface area contributed by atoms with E-state index in [1.165, 1.54) is 30.3 Å². The van der Waals surface area contributed by atoms with Crippen molar-refractivity contribution in [3.8, 4) is 5.75 Å². The first kappa shape index (κ1) is 21.6. The Hall–Kier alpha value is -3.65. The van der Waals surface area contributed by atoms with Crippen LogP contribution in [0.4, 0.5) is 4.39 Å². The van der Waals surface area contributed by atoms with Crippen molar-refractivity contribution >= 4 is 11.9 Å². The van der Waals surface area contributed by atoms with Gasteiger partial charge in [-0.1, -0.05) is 30.3 Å². The fourth-order valence-electron chi connectivity index (χ4n) is 3.25. The lowest BCUT2D eigenvalue weighted by Gasteiger charge is -2.30. The molecule has 2 heterocycles. The van der Waals surface area contributed by atoms with E-state index in [0.717, 1.165) is 0 Å². The molecule has 1 aromatic heterocycles. The lowest BCUT2D eigenvalue weighted by Crippen LogP contribution is -2.44. The molecule has 3 aromatic rings. The largest absolute Gasteiger partial charge is 0.486 e. The fourth-order valence-corrected chi connectivity index (χ4v) is 3.25. The molecule has 0 N–H and O–H groups in total. The maximum absolute atomic E-state index is 13.1. The number of benzene rings is 2. The summed E-state index contributed by atoms with van der Waals surface area (Å²) in [5, 5.41) is 0. The first-order chi connectivity index (χ1) is 15.6. The lowest BCUT2D eigenvalue weighted by molar-refractivity contribution is -0.145. The van der Waals surface area contributed by atoms with E-state index in [0.29, 0.717) is 43.4 Å². The molecule has 1 atom stereocenters. The van der Waals surface area contributed by atoms with Crippen LogP contribution in [0, 0.1) is 5.82 Å². The molecule has 7 nitrogen and oxygen atoms in total. The minimum Gasteiger partial charge on any atom is -0.486 e. The van der Waals surface area contributed by atoms with Crippen molar-refractivity contribution in [3.63, 3.8) is 0 Å². The van der Waals surface area contributed by atoms with Gasteiger partial charge in [0.15, 0.2) is 0 Å². The van der Waals surface area contributed by atoms with E-state index in [2.05, 4.69) is 0 Å². The highest BCUT2D eigenvalue weighted by Crippen LogP contribution is 2.23. The maximum Gasteiger partial charge on any atom is 0.375 e. The van der Waals surface area contributed by atoms with Crippen LogP contribution in [-0.2, 0) is 20.9 Å². The van der Waals surface area contributed by atoms with E-state index in [-0.39, 0.29) is 24.1 Å². The SMILES string of the molecule is O=C(OC(C(=O)N1CCOCC1)c1ccccc1)c1ccc(COc2ccc(F)cc2)o1. The van der Waals surface area contributed by atoms with Gasteiger partial charge in [0.1, 0.15) is 23.9 Å². The van der Waals surface area contributed by atoms with Crippen LogP contribution in [0.2, 0.25) is 0 Å². The van der Waals surface area contributed by atoms with Gasteiger partial charge in [0.05, 0.1) is 13.2 Å². The van der Waals surface area contributed by atoms with Gasteiger partial charge < -0.3 is 23.5 Å². The monoisotopic (exact) mass is 439 g/mol. The predicted octanol–water partition coefficient (Wildman–Crippen LogP) is 3.75. The zero-order valence-electron chi connectivity index (χ0n) is 17.2. The third-order valence-electron chi connectivity index (χ3n) is 4.93. The second-order valence-electron chi connectivity index (χ2n) is 7.14. The van der Waals surface area contributed by atoms with Crippen LogP contribution in [-0.4, -0.2) is 43.1 Å². The molecule has 8 heteroatoms. The van der Waals surface area contributed by atoms with Gasteiger partial charge in [0.2, 0.25) is 11.9 Å². The first-order valence-corrected chi connectivity index (χ1v) is 10.2. The van der Waals surface area contributed by atoms with Crippen molar-refractivity contribution in [1.29, 1.82) is 0 Å². The summed E-state index contributed by atoms with van der Waals surface area (Å²) in [7, 11) is 0. The number of ether oxygens (including phenoxy) is 3. The van der Waals surface area contributed by atoms with Gasteiger partial charge in [-0.3, -0.25) is 4.79 Å². The van der Waals surface area contributed by atoms with Crippen molar-refractivity contribution in [1.82, 2.24) is 4.90 Å². The molecule has 32 heavy (non-hydrogen) atoms. The summed E-state index contributed by atoms with van der Waals surface area (Å²) in [6.07, 6.45) is -1.09. The van der Waals surface area contributed by atoms with Crippen molar-refractivity contribution in [2.75, 3.05) is 26.3 Å². The number of carbonyl (C=O) groups is 2. The second kappa shape index (κ2) is 10.1. The number of rotatable bonds is 7. The molecule has 4 rings (SSSR count). The Morgan fingerprint density at radius 1 is 0.969 bits per heavy atom. The molecule has 1 fully saturated rings. The molecule has 2 aromatic carbocycles. The lowest BCUT2D eigenvalue weighted by atomic mass is 10.1. The summed E-state index contributed by atoms with van der Waals surface area (Å²) in [6, 6.07) is 17.5. The molecule has 0 saturated carbocycles. The quantitative estimate of drug-likeness (QED) is 0.522. The Balaban J connectivity index is 1.43. The molecule has 1 aliphatic rings. The predicted molar refractivity (Wildman–Crippen MR) is 111 cm³/mol. The number of furan rings is 1. The average molecular weight is 439 g/mol. The number of esters is 1. The summed E-state index contributed by atoms with van der Waals surface area (Å²) in [5.74, 6) is -0.615. The molecule has 0 bridgehead atoms. The number of amides is 1. The minimum absolute atomic E-state index is 0.0431. The molecule has 1 unspecified atom stereocenters. The van der Waals surface area contributed by atoms with E-state index in [1.54, 1.807) is 35.2 Å². The Morgan fingerprint density at radius 3 is 2.41 bits per heavy atom.